The highest BCUT2D eigenvalue weighted by atomic mass is 15.4. The summed E-state index contributed by atoms with van der Waals surface area (Å²) >= 11 is 0. The molecule has 1 aliphatic heterocycles. The van der Waals surface area contributed by atoms with Crippen LogP contribution in [0.5, 0.6) is 0 Å². The maximum atomic E-state index is 2.47. The fourth-order valence-electron chi connectivity index (χ4n) is 1.62. The Balaban J connectivity index is 2.17. The Labute approximate surface area is 44.3 Å². The Morgan fingerprint density at radius 2 is 2.00 bits per heavy atom. The van der Waals surface area contributed by atoms with Crippen LogP contribution in [0.2, 0.25) is 0 Å². The van der Waals surface area contributed by atoms with E-state index in [4.69, 9.17) is 0 Å². The summed E-state index contributed by atoms with van der Waals surface area (Å²) in [5.41, 5.74) is 0.750. The average molecular weight is 97.2 g/mol. The Morgan fingerprint density at radius 3 is 2.00 bits per heavy atom. The van der Waals surface area contributed by atoms with E-state index in [1.165, 1.54) is 12.8 Å². The SMILES string of the molecule is CC1N(C)C12CC2. The molecule has 1 spiro atoms. The molecule has 1 aliphatic carbocycles. The Kier molecular flexibility index (Phi) is 0.419. The lowest BCUT2D eigenvalue weighted by molar-refractivity contribution is 0.587. The number of nitrogens with zero attached hydrogens (tertiary/aromatic N) is 1. The van der Waals surface area contributed by atoms with E-state index in [9.17, 15) is 0 Å². The van der Waals surface area contributed by atoms with Crippen molar-refractivity contribution in [2.75, 3.05) is 7.05 Å². The quantitative estimate of drug-likeness (QED) is 0.405. The van der Waals surface area contributed by atoms with Crippen molar-refractivity contribution < 1.29 is 0 Å². The van der Waals surface area contributed by atoms with Gasteiger partial charge in [-0.25, -0.2) is 0 Å². The van der Waals surface area contributed by atoms with Crippen molar-refractivity contribution >= 4 is 0 Å². The highest BCUT2D eigenvalue weighted by molar-refractivity contribution is 5.23. The topological polar surface area (TPSA) is 3.01 Å². The van der Waals surface area contributed by atoms with Crippen LogP contribution in [0.1, 0.15) is 19.8 Å². The Hall–Kier alpha value is -0.0400. The highest BCUT2D eigenvalue weighted by Gasteiger charge is 2.65. The fourth-order valence-corrected chi connectivity index (χ4v) is 1.62. The Morgan fingerprint density at radius 1 is 1.57 bits per heavy atom. The molecule has 0 N–H and O–H groups in total. The molecule has 1 nitrogen and oxygen atoms in total. The van der Waals surface area contributed by atoms with E-state index in [1.54, 1.807) is 0 Å². The highest BCUT2D eigenvalue weighted by Crippen LogP contribution is 2.58. The van der Waals surface area contributed by atoms with Crippen molar-refractivity contribution in [1.82, 2.24) is 4.90 Å². The molecule has 1 heteroatoms. The van der Waals surface area contributed by atoms with Crippen molar-refractivity contribution in [3.8, 4) is 0 Å². The van der Waals surface area contributed by atoms with Crippen LogP contribution in [0, 0.1) is 0 Å². The van der Waals surface area contributed by atoms with Crippen LogP contribution >= 0.6 is 0 Å². The minimum atomic E-state index is 0.750. The van der Waals surface area contributed by atoms with Crippen LogP contribution in [0.15, 0.2) is 0 Å². The number of hydrogen-bond acceptors (Lipinski definition) is 1. The predicted molar refractivity (Wildman–Crippen MR) is 29.2 cm³/mol. The molecule has 0 aromatic carbocycles. The summed E-state index contributed by atoms with van der Waals surface area (Å²) < 4.78 is 0. The molecule has 40 valence electrons. The largest absolute Gasteiger partial charge is 0.295 e. The third kappa shape index (κ3) is 0.260. The van der Waals surface area contributed by atoms with E-state index in [1.807, 2.05) is 0 Å². The van der Waals surface area contributed by atoms with Gasteiger partial charge in [0.15, 0.2) is 0 Å². The van der Waals surface area contributed by atoms with Gasteiger partial charge in [-0.15, -0.1) is 0 Å². The van der Waals surface area contributed by atoms with E-state index < -0.39 is 0 Å². The summed E-state index contributed by atoms with van der Waals surface area (Å²) in [6, 6.07) is 0.910. The first-order chi connectivity index (χ1) is 3.27. The van der Waals surface area contributed by atoms with Gasteiger partial charge in [0.1, 0.15) is 0 Å². The molecular formula is C6H11N. The van der Waals surface area contributed by atoms with Gasteiger partial charge in [0, 0.05) is 11.6 Å². The monoisotopic (exact) mass is 97.1 g/mol. The second-order valence-electron chi connectivity index (χ2n) is 2.89. The zero-order valence-electron chi connectivity index (χ0n) is 4.94. The van der Waals surface area contributed by atoms with Crippen molar-refractivity contribution in [3.63, 3.8) is 0 Å². The molecule has 2 atom stereocenters. The third-order valence-electron chi connectivity index (χ3n) is 2.76. The minimum Gasteiger partial charge on any atom is -0.295 e. The summed E-state index contributed by atoms with van der Waals surface area (Å²) in [7, 11) is 2.22. The molecule has 0 aromatic heterocycles. The normalized spacial score (nSPS) is 52.3. The van der Waals surface area contributed by atoms with Crippen molar-refractivity contribution in [2.24, 2.45) is 0 Å². The van der Waals surface area contributed by atoms with E-state index in [0.29, 0.717) is 0 Å². The van der Waals surface area contributed by atoms with Gasteiger partial charge < -0.3 is 0 Å². The average Bonchev–Trinajstić information content (AvgIpc) is 2.47. The van der Waals surface area contributed by atoms with Crippen LogP contribution in [0.25, 0.3) is 0 Å². The van der Waals surface area contributed by atoms with E-state index in [0.717, 1.165) is 11.6 Å². The minimum absolute atomic E-state index is 0.750. The molecule has 1 heterocycles. The maximum absolute atomic E-state index is 2.47. The van der Waals surface area contributed by atoms with Crippen LogP contribution in [-0.2, 0) is 0 Å². The zero-order chi connectivity index (χ0) is 5.07. The predicted octanol–water partition coefficient (Wildman–Crippen LogP) is 0.853. The molecule has 1 saturated carbocycles. The first kappa shape index (κ1) is 3.90. The summed E-state index contributed by atoms with van der Waals surface area (Å²) in [6.45, 7) is 2.31. The second-order valence-corrected chi connectivity index (χ2v) is 2.89. The number of rotatable bonds is 0. The molecule has 7 heavy (non-hydrogen) atoms. The molecule has 1 saturated heterocycles. The first-order valence-corrected chi connectivity index (χ1v) is 3.00. The maximum Gasteiger partial charge on any atom is 0.0364 e. The second kappa shape index (κ2) is 0.752. The number of likely N-dealkylation sites (N-methyl/N-ethyl adjacent to an activating group) is 1. The standard InChI is InChI=1S/C6H11N/c1-5-6(3-4-6)7(5)2/h5H,3-4H2,1-2H3. The smallest absolute Gasteiger partial charge is 0.0364 e. The molecule has 2 aliphatic rings. The van der Waals surface area contributed by atoms with Crippen LogP contribution in [0.3, 0.4) is 0 Å². The van der Waals surface area contributed by atoms with E-state index in [2.05, 4.69) is 18.9 Å². The summed E-state index contributed by atoms with van der Waals surface area (Å²) in [4.78, 5) is 2.47. The molecule has 2 unspecified atom stereocenters. The summed E-state index contributed by atoms with van der Waals surface area (Å²) in [6.07, 6.45) is 2.93. The molecule has 0 radical (unpaired) electrons. The van der Waals surface area contributed by atoms with Gasteiger partial charge in [-0.1, -0.05) is 0 Å². The third-order valence-corrected chi connectivity index (χ3v) is 2.76. The molecule has 0 aromatic rings. The molecule has 2 fully saturated rings. The molecule has 2 rings (SSSR count). The molecular weight excluding hydrogens is 86.1 g/mol. The summed E-state index contributed by atoms with van der Waals surface area (Å²) in [5, 5.41) is 0. The van der Waals surface area contributed by atoms with Gasteiger partial charge >= 0.3 is 0 Å². The fraction of sp³-hybridized carbons (Fsp3) is 1.00. The lowest BCUT2D eigenvalue weighted by atomic mass is 10.3. The van der Waals surface area contributed by atoms with Gasteiger partial charge in [0.25, 0.3) is 0 Å². The number of hydrogen-bond donors (Lipinski definition) is 0. The lowest BCUT2D eigenvalue weighted by Crippen LogP contribution is -1.89. The summed E-state index contributed by atoms with van der Waals surface area (Å²) in [5.74, 6) is 0. The van der Waals surface area contributed by atoms with Gasteiger partial charge in [0.2, 0.25) is 0 Å². The zero-order valence-corrected chi connectivity index (χ0v) is 4.94. The van der Waals surface area contributed by atoms with E-state index in [-0.39, 0.29) is 0 Å². The van der Waals surface area contributed by atoms with Gasteiger partial charge in [-0.3, -0.25) is 4.90 Å². The molecule has 0 amide bonds. The van der Waals surface area contributed by atoms with Gasteiger partial charge in [-0.05, 0) is 26.8 Å². The van der Waals surface area contributed by atoms with Crippen molar-refractivity contribution in [2.45, 2.75) is 31.3 Å². The molecule has 0 bridgehead atoms. The first-order valence-electron chi connectivity index (χ1n) is 3.00. The van der Waals surface area contributed by atoms with Crippen LogP contribution in [-0.4, -0.2) is 23.5 Å². The van der Waals surface area contributed by atoms with Gasteiger partial charge in [0.05, 0.1) is 0 Å². The van der Waals surface area contributed by atoms with Crippen molar-refractivity contribution in [3.05, 3.63) is 0 Å². The Bertz CT molecular complexity index is 94.7. The van der Waals surface area contributed by atoms with Crippen LogP contribution < -0.4 is 0 Å². The van der Waals surface area contributed by atoms with Gasteiger partial charge in [-0.2, -0.15) is 0 Å². The van der Waals surface area contributed by atoms with Crippen LogP contribution in [0.4, 0.5) is 0 Å². The van der Waals surface area contributed by atoms with Crippen molar-refractivity contribution in [1.29, 1.82) is 0 Å². The lowest BCUT2D eigenvalue weighted by Gasteiger charge is -1.79. The van der Waals surface area contributed by atoms with E-state index >= 15 is 0 Å².